The Balaban J connectivity index is 0.00000200. The number of aromatic nitrogens is 1. The van der Waals surface area contributed by atoms with Crippen molar-refractivity contribution in [3.05, 3.63) is 30.1 Å². The molecule has 1 fully saturated rings. The van der Waals surface area contributed by atoms with Crippen LogP contribution < -0.4 is 5.32 Å². The summed E-state index contributed by atoms with van der Waals surface area (Å²) in [6.07, 6.45) is 6.54. The van der Waals surface area contributed by atoms with E-state index < -0.39 is 0 Å². The van der Waals surface area contributed by atoms with Gasteiger partial charge in [0, 0.05) is 32.5 Å². The molecule has 0 bridgehead atoms. The maximum atomic E-state index is 12.5. The maximum absolute atomic E-state index is 12.5. The van der Waals surface area contributed by atoms with Crippen molar-refractivity contribution >= 4 is 30.7 Å². The number of nitrogens with zero attached hydrogens (tertiary/aromatic N) is 2. The topological polar surface area (TPSA) is 45.2 Å². The molecular weight excluding hydrogens is 309 g/mol. The molecular formula is C15H25Cl2N3O. The first-order valence-corrected chi connectivity index (χ1v) is 6.97. The number of piperidine rings is 1. The number of halogens is 2. The zero-order valence-corrected chi connectivity index (χ0v) is 14.3. The summed E-state index contributed by atoms with van der Waals surface area (Å²) >= 11 is 0. The highest BCUT2D eigenvalue weighted by molar-refractivity contribution is 5.85. The van der Waals surface area contributed by atoms with E-state index in [-0.39, 0.29) is 36.1 Å². The molecule has 4 nitrogen and oxygen atoms in total. The van der Waals surface area contributed by atoms with Crippen LogP contribution in [0.2, 0.25) is 0 Å². The van der Waals surface area contributed by atoms with E-state index in [0.717, 1.165) is 38.9 Å². The van der Waals surface area contributed by atoms with Gasteiger partial charge in [-0.15, -0.1) is 24.8 Å². The highest BCUT2D eigenvalue weighted by Crippen LogP contribution is 2.27. The Labute approximate surface area is 139 Å². The van der Waals surface area contributed by atoms with Crippen LogP contribution >= 0.6 is 24.8 Å². The lowest BCUT2D eigenvalue weighted by Gasteiger charge is -2.36. The van der Waals surface area contributed by atoms with Crippen molar-refractivity contribution in [2.24, 2.45) is 5.41 Å². The van der Waals surface area contributed by atoms with E-state index in [4.69, 9.17) is 0 Å². The number of hydrogen-bond acceptors (Lipinski definition) is 3. The number of carbonyl (C=O) groups excluding carboxylic acids is 1. The van der Waals surface area contributed by atoms with Crippen molar-refractivity contribution < 1.29 is 4.79 Å². The number of rotatable bonds is 4. The Morgan fingerprint density at radius 2 is 2.05 bits per heavy atom. The molecule has 1 amide bonds. The zero-order chi connectivity index (χ0) is 13.7. The zero-order valence-electron chi connectivity index (χ0n) is 12.7. The van der Waals surface area contributed by atoms with Crippen LogP contribution in [0.1, 0.15) is 25.3 Å². The van der Waals surface area contributed by atoms with Gasteiger partial charge >= 0.3 is 0 Å². The molecule has 0 radical (unpaired) electrons. The van der Waals surface area contributed by atoms with Gasteiger partial charge in [0.2, 0.25) is 5.91 Å². The van der Waals surface area contributed by atoms with Crippen molar-refractivity contribution in [2.45, 2.75) is 26.2 Å². The highest BCUT2D eigenvalue weighted by Gasteiger charge is 2.36. The molecule has 6 heteroatoms. The van der Waals surface area contributed by atoms with Crippen LogP contribution in [0.3, 0.4) is 0 Å². The molecule has 1 aliphatic rings. The summed E-state index contributed by atoms with van der Waals surface area (Å²) in [5.74, 6) is 0.258. The first-order chi connectivity index (χ1) is 9.12. The average Bonchev–Trinajstić information content (AvgIpc) is 2.46. The van der Waals surface area contributed by atoms with Gasteiger partial charge in [-0.2, -0.15) is 0 Å². The second-order valence-corrected chi connectivity index (χ2v) is 5.67. The van der Waals surface area contributed by atoms with Crippen molar-refractivity contribution in [3.8, 4) is 0 Å². The molecule has 1 aliphatic heterocycles. The van der Waals surface area contributed by atoms with Crippen molar-refractivity contribution in [1.29, 1.82) is 0 Å². The van der Waals surface area contributed by atoms with Crippen LogP contribution in [-0.2, 0) is 11.2 Å². The van der Waals surface area contributed by atoms with Crippen LogP contribution in [-0.4, -0.2) is 42.5 Å². The SMILES string of the molecule is CN(CCc1ccncc1)C(=O)C1(C)CCCNC1.Cl.Cl. The summed E-state index contributed by atoms with van der Waals surface area (Å²) in [6.45, 7) is 4.66. The smallest absolute Gasteiger partial charge is 0.229 e. The fraction of sp³-hybridized carbons (Fsp3) is 0.600. The average molecular weight is 334 g/mol. The second-order valence-electron chi connectivity index (χ2n) is 5.67. The number of pyridine rings is 1. The second kappa shape index (κ2) is 9.23. The highest BCUT2D eigenvalue weighted by atomic mass is 35.5. The molecule has 0 aliphatic carbocycles. The van der Waals surface area contributed by atoms with Gasteiger partial charge in [0.25, 0.3) is 0 Å². The Morgan fingerprint density at radius 1 is 1.38 bits per heavy atom. The molecule has 21 heavy (non-hydrogen) atoms. The quantitative estimate of drug-likeness (QED) is 0.919. The first-order valence-electron chi connectivity index (χ1n) is 6.97. The molecule has 120 valence electrons. The predicted octanol–water partition coefficient (Wildman–Crippen LogP) is 2.32. The third-order valence-corrected chi connectivity index (χ3v) is 3.95. The number of likely N-dealkylation sites (N-methyl/N-ethyl adjacent to an activating group) is 1. The monoisotopic (exact) mass is 333 g/mol. The van der Waals surface area contributed by atoms with E-state index in [2.05, 4.69) is 17.2 Å². The van der Waals surface area contributed by atoms with E-state index in [1.165, 1.54) is 5.56 Å². The Hall–Kier alpha value is -0.840. The van der Waals surface area contributed by atoms with Crippen LogP contribution in [0.5, 0.6) is 0 Å². The van der Waals surface area contributed by atoms with E-state index >= 15 is 0 Å². The normalized spacial score (nSPS) is 20.9. The molecule has 1 N–H and O–H groups in total. The summed E-state index contributed by atoms with van der Waals surface area (Å²) in [5.41, 5.74) is 0.993. The molecule has 1 unspecified atom stereocenters. The summed E-state index contributed by atoms with van der Waals surface area (Å²) in [6, 6.07) is 4.00. The summed E-state index contributed by atoms with van der Waals surface area (Å²) in [7, 11) is 1.91. The minimum absolute atomic E-state index is 0. The third-order valence-electron chi connectivity index (χ3n) is 3.95. The lowest BCUT2D eigenvalue weighted by Crippen LogP contribution is -2.49. The minimum Gasteiger partial charge on any atom is -0.345 e. The molecule has 0 aromatic carbocycles. The van der Waals surface area contributed by atoms with Gasteiger partial charge in [0.1, 0.15) is 0 Å². The molecule has 0 spiro atoms. The first kappa shape index (κ1) is 20.2. The third kappa shape index (κ3) is 5.46. The molecule has 1 aromatic heterocycles. The molecule has 2 heterocycles. The molecule has 1 atom stereocenters. The van der Waals surface area contributed by atoms with Crippen LogP contribution in [0.25, 0.3) is 0 Å². The molecule has 1 saturated heterocycles. The summed E-state index contributed by atoms with van der Waals surface area (Å²) in [5, 5.41) is 3.33. The van der Waals surface area contributed by atoms with Crippen molar-refractivity contribution in [2.75, 3.05) is 26.7 Å². The minimum atomic E-state index is -0.231. The van der Waals surface area contributed by atoms with Gasteiger partial charge < -0.3 is 10.2 Å². The van der Waals surface area contributed by atoms with E-state index in [1.54, 1.807) is 12.4 Å². The number of nitrogens with one attached hydrogen (secondary N) is 1. The van der Waals surface area contributed by atoms with Gasteiger partial charge in [-0.1, -0.05) is 0 Å². The molecule has 2 rings (SSSR count). The van der Waals surface area contributed by atoms with Crippen LogP contribution in [0, 0.1) is 5.41 Å². The fourth-order valence-electron chi connectivity index (χ4n) is 2.65. The van der Waals surface area contributed by atoms with Gasteiger partial charge in [-0.05, 0) is 50.4 Å². The van der Waals surface area contributed by atoms with Crippen molar-refractivity contribution in [3.63, 3.8) is 0 Å². The van der Waals surface area contributed by atoms with Crippen molar-refractivity contribution in [1.82, 2.24) is 15.2 Å². The summed E-state index contributed by atoms with van der Waals surface area (Å²) < 4.78 is 0. The van der Waals surface area contributed by atoms with E-state index in [1.807, 2.05) is 24.1 Å². The van der Waals surface area contributed by atoms with Crippen LogP contribution in [0.4, 0.5) is 0 Å². The fourth-order valence-corrected chi connectivity index (χ4v) is 2.65. The van der Waals surface area contributed by atoms with Gasteiger partial charge in [-0.3, -0.25) is 9.78 Å². The van der Waals surface area contributed by atoms with Gasteiger partial charge in [-0.25, -0.2) is 0 Å². The lowest BCUT2D eigenvalue weighted by atomic mass is 9.81. The van der Waals surface area contributed by atoms with Gasteiger partial charge in [0.15, 0.2) is 0 Å². The lowest BCUT2D eigenvalue weighted by molar-refractivity contribution is -0.140. The van der Waals surface area contributed by atoms with Crippen LogP contribution in [0.15, 0.2) is 24.5 Å². The number of hydrogen-bond donors (Lipinski definition) is 1. The summed E-state index contributed by atoms with van der Waals surface area (Å²) in [4.78, 5) is 18.4. The number of amides is 1. The van der Waals surface area contributed by atoms with E-state index in [9.17, 15) is 4.79 Å². The molecule has 0 saturated carbocycles. The maximum Gasteiger partial charge on any atom is 0.229 e. The Bertz CT molecular complexity index is 422. The number of carbonyl (C=O) groups is 1. The Kier molecular flexibility index (Phi) is 8.86. The Morgan fingerprint density at radius 3 is 2.62 bits per heavy atom. The molecule has 1 aromatic rings. The van der Waals surface area contributed by atoms with E-state index in [0.29, 0.717) is 0 Å². The standard InChI is InChI=1S/C15H23N3O.2ClH/c1-15(7-3-8-17-12-15)14(19)18(2)11-6-13-4-9-16-10-5-13;;/h4-5,9-10,17H,3,6-8,11-12H2,1-2H3;2*1H. The largest absolute Gasteiger partial charge is 0.345 e. The van der Waals surface area contributed by atoms with Gasteiger partial charge in [0.05, 0.1) is 5.41 Å². The predicted molar refractivity (Wildman–Crippen MR) is 90.3 cm³/mol.